The summed E-state index contributed by atoms with van der Waals surface area (Å²) in [5.41, 5.74) is 1.45. The standard InChI is InChI=1S/C12H20N2S/c1-14(9-11-5-8-15-10-11)7-4-12-3-2-6-13-12/h5,8,10,12-13H,2-4,6-7,9H2,1H3. The molecule has 84 valence electrons. The largest absolute Gasteiger partial charge is 0.314 e. The fraction of sp³-hybridized carbons (Fsp3) is 0.667. The molecule has 0 radical (unpaired) electrons. The van der Waals surface area contributed by atoms with Crippen LogP contribution in [0.1, 0.15) is 24.8 Å². The van der Waals surface area contributed by atoms with Gasteiger partial charge in [-0.15, -0.1) is 0 Å². The molecule has 1 N–H and O–H groups in total. The van der Waals surface area contributed by atoms with E-state index in [1.807, 2.05) is 0 Å². The molecule has 1 atom stereocenters. The van der Waals surface area contributed by atoms with Gasteiger partial charge in [-0.25, -0.2) is 0 Å². The monoisotopic (exact) mass is 224 g/mol. The van der Waals surface area contributed by atoms with E-state index in [9.17, 15) is 0 Å². The van der Waals surface area contributed by atoms with Gasteiger partial charge in [0.1, 0.15) is 0 Å². The molecule has 1 aromatic rings. The Labute approximate surface area is 96.3 Å². The summed E-state index contributed by atoms with van der Waals surface area (Å²) >= 11 is 1.79. The summed E-state index contributed by atoms with van der Waals surface area (Å²) < 4.78 is 0. The van der Waals surface area contributed by atoms with Crippen LogP contribution in [0.3, 0.4) is 0 Å². The normalized spacial score (nSPS) is 21.3. The van der Waals surface area contributed by atoms with E-state index in [2.05, 4.69) is 34.1 Å². The topological polar surface area (TPSA) is 15.3 Å². The first-order valence-corrected chi connectivity index (χ1v) is 6.72. The van der Waals surface area contributed by atoms with Gasteiger partial charge in [0, 0.05) is 12.6 Å². The average Bonchev–Trinajstić information content (AvgIpc) is 2.86. The lowest BCUT2D eigenvalue weighted by Crippen LogP contribution is -2.28. The van der Waals surface area contributed by atoms with Gasteiger partial charge in [-0.3, -0.25) is 0 Å². The summed E-state index contributed by atoms with van der Waals surface area (Å²) in [4.78, 5) is 2.42. The van der Waals surface area contributed by atoms with Crippen molar-refractivity contribution < 1.29 is 0 Å². The molecule has 0 bridgehead atoms. The Morgan fingerprint density at radius 3 is 3.20 bits per heavy atom. The van der Waals surface area contributed by atoms with Crippen LogP contribution in [0.15, 0.2) is 16.8 Å². The molecule has 1 fully saturated rings. The van der Waals surface area contributed by atoms with Gasteiger partial charge in [0.15, 0.2) is 0 Å². The van der Waals surface area contributed by atoms with Crippen molar-refractivity contribution in [2.24, 2.45) is 0 Å². The Morgan fingerprint density at radius 1 is 1.60 bits per heavy atom. The molecular formula is C12H20N2S. The molecule has 2 nitrogen and oxygen atoms in total. The second-order valence-corrected chi connectivity index (χ2v) is 5.23. The third-order valence-electron chi connectivity index (χ3n) is 3.05. The van der Waals surface area contributed by atoms with Gasteiger partial charge in [-0.05, 0) is 61.8 Å². The molecule has 3 heteroatoms. The van der Waals surface area contributed by atoms with Crippen molar-refractivity contribution in [1.29, 1.82) is 0 Å². The van der Waals surface area contributed by atoms with Crippen molar-refractivity contribution in [3.05, 3.63) is 22.4 Å². The van der Waals surface area contributed by atoms with Gasteiger partial charge < -0.3 is 10.2 Å². The highest BCUT2D eigenvalue weighted by Gasteiger charge is 2.14. The number of nitrogens with zero attached hydrogens (tertiary/aromatic N) is 1. The zero-order valence-corrected chi connectivity index (χ0v) is 10.2. The number of hydrogen-bond donors (Lipinski definition) is 1. The van der Waals surface area contributed by atoms with Crippen molar-refractivity contribution in [1.82, 2.24) is 10.2 Å². The minimum Gasteiger partial charge on any atom is -0.314 e. The molecule has 1 saturated heterocycles. The van der Waals surface area contributed by atoms with Crippen LogP contribution in [0, 0.1) is 0 Å². The molecule has 0 spiro atoms. The number of hydrogen-bond acceptors (Lipinski definition) is 3. The van der Waals surface area contributed by atoms with Crippen LogP contribution in [-0.4, -0.2) is 31.1 Å². The lowest BCUT2D eigenvalue weighted by atomic mass is 10.1. The summed E-state index contributed by atoms with van der Waals surface area (Å²) in [6.45, 7) is 3.52. The van der Waals surface area contributed by atoms with Gasteiger partial charge in [0.05, 0.1) is 0 Å². The summed E-state index contributed by atoms with van der Waals surface area (Å²) in [5.74, 6) is 0. The lowest BCUT2D eigenvalue weighted by molar-refractivity contribution is 0.306. The maximum atomic E-state index is 3.55. The molecular weight excluding hydrogens is 204 g/mol. The minimum absolute atomic E-state index is 0.773. The van der Waals surface area contributed by atoms with Gasteiger partial charge >= 0.3 is 0 Å². The van der Waals surface area contributed by atoms with E-state index >= 15 is 0 Å². The molecule has 1 aliphatic rings. The first kappa shape index (κ1) is 11.1. The Kier molecular flexibility index (Phi) is 4.18. The van der Waals surface area contributed by atoms with Crippen LogP contribution in [-0.2, 0) is 6.54 Å². The molecule has 15 heavy (non-hydrogen) atoms. The fourth-order valence-electron chi connectivity index (χ4n) is 2.15. The van der Waals surface area contributed by atoms with Crippen molar-refractivity contribution in [3.63, 3.8) is 0 Å². The van der Waals surface area contributed by atoms with Crippen molar-refractivity contribution >= 4 is 11.3 Å². The zero-order valence-electron chi connectivity index (χ0n) is 9.41. The van der Waals surface area contributed by atoms with E-state index in [4.69, 9.17) is 0 Å². The van der Waals surface area contributed by atoms with E-state index in [0.29, 0.717) is 0 Å². The average molecular weight is 224 g/mol. The third kappa shape index (κ3) is 3.59. The van der Waals surface area contributed by atoms with E-state index in [0.717, 1.165) is 12.6 Å². The Hall–Kier alpha value is -0.380. The van der Waals surface area contributed by atoms with Gasteiger partial charge in [-0.2, -0.15) is 11.3 Å². The molecule has 1 unspecified atom stereocenters. The molecule has 2 heterocycles. The number of rotatable bonds is 5. The highest BCUT2D eigenvalue weighted by atomic mass is 32.1. The lowest BCUT2D eigenvalue weighted by Gasteiger charge is -2.18. The SMILES string of the molecule is CN(CCC1CCCN1)Cc1ccsc1. The van der Waals surface area contributed by atoms with Crippen LogP contribution in [0.4, 0.5) is 0 Å². The second kappa shape index (κ2) is 5.64. The molecule has 1 aromatic heterocycles. The fourth-order valence-corrected chi connectivity index (χ4v) is 2.81. The van der Waals surface area contributed by atoms with Crippen LogP contribution < -0.4 is 5.32 Å². The summed E-state index contributed by atoms with van der Waals surface area (Å²) in [6.07, 6.45) is 4.02. The predicted molar refractivity (Wildman–Crippen MR) is 66.3 cm³/mol. The second-order valence-electron chi connectivity index (χ2n) is 4.45. The van der Waals surface area contributed by atoms with E-state index in [1.165, 1.54) is 37.9 Å². The van der Waals surface area contributed by atoms with E-state index in [1.54, 1.807) is 11.3 Å². The number of nitrogens with one attached hydrogen (secondary N) is 1. The molecule has 2 rings (SSSR count). The Morgan fingerprint density at radius 2 is 2.53 bits per heavy atom. The highest BCUT2D eigenvalue weighted by Crippen LogP contribution is 2.11. The van der Waals surface area contributed by atoms with Gasteiger partial charge in [0.25, 0.3) is 0 Å². The predicted octanol–water partition coefficient (Wildman–Crippen LogP) is 2.32. The quantitative estimate of drug-likeness (QED) is 0.826. The molecule has 0 aliphatic carbocycles. The summed E-state index contributed by atoms with van der Waals surface area (Å²) in [6, 6.07) is 2.99. The maximum absolute atomic E-state index is 3.55. The third-order valence-corrected chi connectivity index (χ3v) is 3.79. The van der Waals surface area contributed by atoms with Crippen molar-refractivity contribution in [2.75, 3.05) is 20.1 Å². The molecule has 0 aromatic carbocycles. The highest BCUT2D eigenvalue weighted by molar-refractivity contribution is 7.07. The smallest absolute Gasteiger partial charge is 0.0238 e. The van der Waals surface area contributed by atoms with Crippen LogP contribution in [0.2, 0.25) is 0 Å². The minimum atomic E-state index is 0.773. The van der Waals surface area contributed by atoms with Crippen molar-refractivity contribution in [2.45, 2.75) is 31.8 Å². The van der Waals surface area contributed by atoms with E-state index < -0.39 is 0 Å². The Bertz CT molecular complexity index is 265. The zero-order chi connectivity index (χ0) is 10.5. The van der Waals surface area contributed by atoms with E-state index in [-0.39, 0.29) is 0 Å². The van der Waals surface area contributed by atoms with Crippen LogP contribution >= 0.6 is 11.3 Å². The van der Waals surface area contributed by atoms with Crippen LogP contribution in [0.5, 0.6) is 0 Å². The van der Waals surface area contributed by atoms with Gasteiger partial charge in [0.2, 0.25) is 0 Å². The molecule has 0 amide bonds. The maximum Gasteiger partial charge on any atom is 0.0238 e. The molecule has 0 saturated carbocycles. The van der Waals surface area contributed by atoms with Crippen molar-refractivity contribution in [3.8, 4) is 0 Å². The van der Waals surface area contributed by atoms with Crippen LogP contribution in [0.25, 0.3) is 0 Å². The molecule has 1 aliphatic heterocycles. The summed E-state index contributed by atoms with van der Waals surface area (Å²) in [5, 5.41) is 7.94. The first-order chi connectivity index (χ1) is 7.34. The summed E-state index contributed by atoms with van der Waals surface area (Å²) in [7, 11) is 2.21. The first-order valence-electron chi connectivity index (χ1n) is 5.77. The number of thiophene rings is 1. The van der Waals surface area contributed by atoms with Gasteiger partial charge in [-0.1, -0.05) is 0 Å². The Balaban J connectivity index is 1.66.